The van der Waals surface area contributed by atoms with Gasteiger partial charge in [-0.25, -0.2) is 19.7 Å². The highest BCUT2D eigenvalue weighted by Gasteiger charge is 2.47. The van der Waals surface area contributed by atoms with E-state index in [9.17, 15) is 9.59 Å². The van der Waals surface area contributed by atoms with Gasteiger partial charge in [-0.15, -0.1) is 0 Å². The number of imide groups is 1. The zero-order valence-corrected chi connectivity index (χ0v) is 17.6. The quantitative estimate of drug-likeness (QED) is 0.742. The minimum Gasteiger partial charge on any atom is -0.424 e. The first kappa shape index (κ1) is 20.1. The molecule has 0 saturated carbocycles. The van der Waals surface area contributed by atoms with Crippen LogP contribution < -0.4 is 20.3 Å². The van der Waals surface area contributed by atoms with Gasteiger partial charge in [-0.3, -0.25) is 4.79 Å². The molecule has 2 atom stereocenters. The van der Waals surface area contributed by atoms with Crippen molar-refractivity contribution in [2.45, 2.75) is 58.4 Å². The van der Waals surface area contributed by atoms with Crippen LogP contribution in [-0.4, -0.2) is 33.7 Å². The fourth-order valence-electron chi connectivity index (χ4n) is 3.84. The molecule has 2 aliphatic rings. The second-order valence-electron chi connectivity index (χ2n) is 8.18. The van der Waals surface area contributed by atoms with Crippen LogP contribution in [0.4, 0.5) is 16.2 Å². The predicted octanol–water partition coefficient (Wildman–Crippen LogP) is 3.52. The monoisotopic (exact) mass is 411 g/mol. The number of amides is 3. The first-order valence-electron chi connectivity index (χ1n) is 9.89. The molecule has 2 aromatic rings. The number of anilines is 2. The van der Waals surface area contributed by atoms with Gasteiger partial charge in [-0.05, 0) is 46.2 Å². The molecule has 0 radical (unpaired) electrons. The van der Waals surface area contributed by atoms with E-state index >= 15 is 0 Å². The molecule has 9 nitrogen and oxygen atoms in total. The van der Waals surface area contributed by atoms with Crippen molar-refractivity contribution in [1.82, 2.24) is 15.3 Å². The van der Waals surface area contributed by atoms with Crippen molar-refractivity contribution in [3.63, 3.8) is 0 Å². The zero-order chi connectivity index (χ0) is 21.7. The second-order valence-corrected chi connectivity index (χ2v) is 8.18. The van der Waals surface area contributed by atoms with Crippen LogP contribution in [0, 0.1) is 0 Å². The van der Waals surface area contributed by atoms with Gasteiger partial charge >= 0.3 is 12.0 Å². The first-order valence-corrected chi connectivity index (χ1v) is 9.89. The summed E-state index contributed by atoms with van der Waals surface area (Å²) < 4.78 is 11.9. The number of rotatable bonds is 4. The Kier molecular flexibility index (Phi) is 4.65. The molecule has 30 heavy (non-hydrogen) atoms. The van der Waals surface area contributed by atoms with Crippen LogP contribution in [0.5, 0.6) is 11.8 Å². The molecular formula is C21H25N5O4. The molecule has 0 bridgehead atoms. The Bertz CT molecular complexity index is 1010. The van der Waals surface area contributed by atoms with Crippen molar-refractivity contribution in [3.05, 3.63) is 36.2 Å². The summed E-state index contributed by atoms with van der Waals surface area (Å²) in [5.41, 5.74) is 0.581. The number of fused-ring (bicyclic) bond motifs is 1. The Morgan fingerprint density at radius 3 is 2.53 bits per heavy atom. The molecule has 2 aliphatic heterocycles. The highest BCUT2D eigenvalue weighted by atomic mass is 16.5. The third kappa shape index (κ3) is 3.24. The fraction of sp³-hybridized carbons (Fsp3) is 0.429. The minimum atomic E-state index is -0.926. The lowest BCUT2D eigenvalue weighted by molar-refractivity contribution is -0.121. The van der Waals surface area contributed by atoms with Crippen LogP contribution in [0.25, 0.3) is 0 Å². The summed E-state index contributed by atoms with van der Waals surface area (Å²) in [5.74, 6) is 0.238. The van der Waals surface area contributed by atoms with Gasteiger partial charge in [0.05, 0.1) is 23.7 Å². The fourth-order valence-corrected chi connectivity index (χ4v) is 3.84. The molecule has 0 aliphatic carbocycles. The zero-order valence-electron chi connectivity index (χ0n) is 17.6. The van der Waals surface area contributed by atoms with Crippen LogP contribution >= 0.6 is 0 Å². The topological polar surface area (TPSA) is 106 Å². The predicted molar refractivity (Wildman–Crippen MR) is 110 cm³/mol. The average Bonchev–Trinajstić information content (AvgIpc) is 2.90. The summed E-state index contributed by atoms with van der Waals surface area (Å²) in [7, 11) is 0. The second kappa shape index (κ2) is 6.94. The number of hydrogen-bond acceptors (Lipinski definition) is 7. The Balaban J connectivity index is 1.60. The van der Waals surface area contributed by atoms with E-state index in [1.165, 1.54) is 12.4 Å². The smallest absolute Gasteiger partial charge is 0.329 e. The van der Waals surface area contributed by atoms with Crippen molar-refractivity contribution in [2.75, 3.05) is 10.2 Å². The van der Waals surface area contributed by atoms with Crippen molar-refractivity contribution < 1.29 is 19.1 Å². The number of nitrogens with zero attached hydrogens (tertiary/aromatic N) is 3. The average molecular weight is 411 g/mol. The van der Waals surface area contributed by atoms with Gasteiger partial charge in [0.25, 0.3) is 5.91 Å². The van der Waals surface area contributed by atoms with Crippen LogP contribution in [0.3, 0.4) is 0 Å². The summed E-state index contributed by atoms with van der Waals surface area (Å²) in [6, 6.07) is 5.28. The van der Waals surface area contributed by atoms with Crippen molar-refractivity contribution in [3.8, 4) is 11.8 Å². The van der Waals surface area contributed by atoms with E-state index in [0.29, 0.717) is 12.2 Å². The molecule has 3 heterocycles. The Morgan fingerprint density at radius 2 is 1.90 bits per heavy atom. The van der Waals surface area contributed by atoms with Crippen molar-refractivity contribution in [2.24, 2.45) is 0 Å². The van der Waals surface area contributed by atoms with Gasteiger partial charge in [-0.2, -0.15) is 0 Å². The SMILES string of the molecule is CC[C@@]1(C)NC(=O)N(c2cnc(Oc3cccc4c3C(C)(C)OC(C)N4)nc2)C1=O. The first-order chi connectivity index (χ1) is 14.1. The molecule has 4 rings (SSSR count). The number of benzene rings is 1. The third-order valence-corrected chi connectivity index (χ3v) is 5.50. The Morgan fingerprint density at radius 1 is 1.20 bits per heavy atom. The maximum Gasteiger partial charge on any atom is 0.329 e. The summed E-state index contributed by atoms with van der Waals surface area (Å²) in [5, 5.41) is 5.99. The van der Waals surface area contributed by atoms with E-state index < -0.39 is 17.2 Å². The lowest BCUT2D eigenvalue weighted by atomic mass is 9.93. The van der Waals surface area contributed by atoms with Gasteiger partial charge < -0.3 is 20.1 Å². The van der Waals surface area contributed by atoms with Crippen LogP contribution in [0.15, 0.2) is 30.6 Å². The molecule has 1 saturated heterocycles. The number of carbonyl (C=O) groups is 2. The number of urea groups is 1. The number of carbonyl (C=O) groups excluding carboxylic acids is 2. The molecule has 158 valence electrons. The van der Waals surface area contributed by atoms with Crippen molar-refractivity contribution in [1.29, 1.82) is 0 Å². The number of ether oxygens (including phenoxy) is 2. The maximum atomic E-state index is 12.6. The van der Waals surface area contributed by atoms with E-state index in [4.69, 9.17) is 9.47 Å². The molecule has 1 aromatic carbocycles. The summed E-state index contributed by atoms with van der Waals surface area (Å²) in [4.78, 5) is 34.4. The third-order valence-electron chi connectivity index (χ3n) is 5.50. The molecular weight excluding hydrogens is 386 g/mol. The largest absolute Gasteiger partial charge is 0.424 e. The number of nitrogens with one attached hydrogen (secondary N) is 2. The molecule has 9 heteroatoms. The van der Waals surface area contributed by atoms with Gasteiger partial charge in [0, 0.05) is 11.3 Å². The lowest BCUT2D eigenvalue weighted by Gasteiger charge is -2.38. The summed E-state index contributed by atoms with van der Waals surface area (Å²) in [6.45, 7) is 9.43. The normalized spacial score (nSPS) is 24.8. The van der Waals surface area contributed by atoms with E-state index in [1.54, 1.807) is 6.92 Å². The van der Waals surface area contributed by atoms with E-state index in [2.05, 4.69) is 20.6 Å². The molecule has 3 amide bonds. The van der Waals surface area contributed by atoms with Gasteiger partial charge in [0.1, 0.15) is 17.5 Å². The van der Waals surface area contributed by atoms with Gasteiger partial charge in [0.2, 0.25) is 0 Å². The molecule has 0 spiro atoms. The standard InChI is InChI=1S/C21H25N5O4/c1-6-21(5)17(27)26(19(28)25-21)13-10-22-18(23-11-13)29-15-9-7-8-14-16(15)20(3,4)30-12(2)24-14/h7-12,24H,6H2,1-5H3,(H,25,28)/t12?,21-/m1/s1. The molecule has 1 aromatic heterocycles. The number of aromatic nitrogens is 2. The van der Waals surface area contributed by atoms with E-state index in [0.717, 1.165) is 16.2 Å². The van der Waals surface area contributed by atoms with Crippen molar-refractivity contribution >= 4 is 23.3 Å². The lowest BCUT2D eigenvalue weighted by Crippen LogP contribution is -2.43. The van der Waals surface area contributed by atoms with Crippen LogP contribution in [0.2, 0.25) is 0 Å². The number of hydrogen-bond donors (Lipinski definition) is 2. The molecule has 2 N–H and O–H groups in total. The Hall–Kier alpha value is -3.20. The van der Waals surface area contributed by atoms with Gasteiger partial charge in [0.15, 0.2) is 0 Å². The highest BCUT2D eigenvalue weighted by Crippen LogP contribution is 2.43. The van der Waals surface area contributed by atoms with Crippen LogP contribution in [0.1, 0.15) is 46.6 Å². The van der Waals surface area contributed by atoms with Gasteiger partial charge in [-0.1, -0.05) is 13.0 Å². The van der Waals surface area contributed by atoms with E-state index in [1.807, 2.05) is 45.9 Å². The minimum absolute atomic E-state index is 0.104. The van der Waals surface area contributed by atoms with Crippen LogP contribution in [-0.2, 0) is 15.1 Å². The maximum absolute atomic E-state index is 12.6. The molecule has 1 unspecified atom stereocenters. The summed E-state index contributed by atoms with van der Waals surface area (Å²) in [6.07, 6.45) is 3.16. The van der Waals surface area contributed by atoms with E-state index in [-0.39, 0.29) is 23.8 Å². The Labute approximate surface area is 174 Å². The summed E-state index contributed by atoms with van der Waals surface area (Å²) >= 11 is 0. The highest BCUT2D eigenvalue weighted by molar-refractivity contribution is 6.23. The molecule has 1 fully saturated rings.